The molecule has 0 spiro atoms. The van der Waals surface area contributed by atoms with Gasteiger partial charge < -0.3 is 0 Å². The quantitative estimate of drug-likeness (QED) is 0.160. The fourth-order valence-electron chi connectivity index (χ4n) is 20.2. The van der Waals surface area contributed by atoms with Gasteiger partial charge in [0.2, 0.25) is 11.9 Å². The van der Waals surface area contributed by atoms with Gasteiger partial charge in [-0.25, -0.2) is 24.9 Å². The predicted octanol–water partition coefficient (Wildman–Crippen LogP) is 29.8. The van der Waals surface area contributed by atoms with Crippen molar-refractivity contribution in [1.82, 2.24) is 53.6 Å². The first-order chi connectivity index (χ1) is 61.6. The molecule has 0 unspecified atom stereocenters. The van der Waals surface area contributed by atoms with Crippen LogP contribution in [0.5, 0.6) is 0 Å². The number of rotatable bonds is 4. The van der Waals surface area contributed by atoms with E-state index in [1.54, 1.807) is 0 Å². The number of hydrogen-bond acceptors (Lipinski definition) is 11. The molecule has 29 rings (SSSR count). The van der Waals surface area contributed by atoms with E-state index in [1.165, 1.54) is 147 Å². The number of nitrogens with zero attached hydrogens (tertiary/aromatic N) is 11. The van der Waals surface area contributed by atoms with Crippen molar-refractivity contribution in [3.63, 3.8) is 0 Å². The van der Waals surface area contributed by atoms with Crippen LogP contribution < -0.4 is 0 Å². The first-order valence-corrected chi connectivity index (χ1v) is 44.0. The lowest BCUT2D eigenvalue weighted by Gasteiger charge is -2.14. The molecule has 0 radical (unpaired) electrons. The zero-order chi connectivity index (χ0) is 80.9. The van der Waals surface area contributed by atoms with Crippen LogP contribution in [0.3, 0.4) is 0 Å². The van der Waals surface area contributed by atoms with Crippen molar-refractivity contribution < 1.29 is 0 Å². The van der Waals surface area contributed by atoms with Gasteiger partial charge in [0.1, 0.15) is 5.82 Å². The molecule has 11 nitrogen and oxygen atoms in total. The van der Waals surface area contributed by atoms with E-state index < -0.39 is 0 Å². The van der Waals surface area contributed by atoms with Crippen LogP contribution in [0.2, 0.25) is 0 Å². The fraction of sp³-hybridized carbons (Fsp3) is 0. The third-order valence-electron chi connectivity index (χ3n) is 25.3. The number of hydrogen-bond donors (Lipinski definition) is 0. The number of fused-ring (bicyclic) bond motifs is 42. The van der Waals surface area contributed by atoms with E-state index in [1.807, 2.05) is 70.9 Å². The molecule has 0 aliphatic heterocycles. The number of pyridine rings is 4. The Bertz CT molecular complexity index is 9660. The topological polar surface area (TPSA) is 118 Å². The number of para-hydroxylation sites is 3. The maximum atomic E-state index is 5.45. The molecular weight excluding hydrogens is 1570 g/mol. The minimum Gasteiger partial charge on any atom is -0.293 e. The van der Waals surface area contributed by atoms with Gasteiger partial charge >= 0.3 is 0 Å². The Balaban J connectivity index is 0.0000000975. The molecule has 12 aromatic heterocycles. The average Bonchev–Trinajstić information content (AvgIpc) is 1.54. The summed E-state index contributed by atoms with van der Waals surface area (Å²) < 4.78 is 14.3. The summed E-state index contributed by atoms with van der Waals surface area (Å²) in [6, 6.07) is 120. The lowest BCUT2D eigenvalue weighted by molar-refractivity contribution is 1.02. The van der Waals surface area contributed by atoms with Crippen LogP contribution in [0.25, 0.3) is 263 Å². The van der Waals surface area contributed by atoms with E-state index in [2.05, 4.69) is 347 Å². The van der Waals surface area contributed by atoms with Gasteiger partial charge in [-0.15, -0.1) is 34.0 Å². The first kappa shape index (κ1) is 69.0. The molecule has 12 heterocycles. The standard InChI is InChI=1S/C39H22N4S.C38H21N3S.C33H18N4S/c1-2-12-24(13-3-1)35-33-25-14-5-4-11-23(25)20-21-29(33)41-39(42-35)43-30-18-8-6-15-26(30)32-28-17-10-22-40-36(28)38-34(37(32)43)27-16-7-9-19-31(27)44-38;1-3-12-24-22(10-1)23-11-2-4-13-25(23)30-21-40-33(20-29(24)30)41-31-17-7-5-14-26(31)34-28-16-9-19-39-36(28)38-35(37(34)41)27-15-6-8-18-32(27)42-38;1-2-9-21-19(8-1)15-16-20-18-35-33(36-29(20)21)37-25-13-5-3-10-22(25)27-24-12-7-17-34-30(24)32-28(31(27)37)23-11-4-6-14-26(23)38-32/h1-22H;1-21H;1-18H. The third-order valence-corrected chi connectivity index (χ3v) is 28.9. The van der Waals surface area contributed by atoms with Crippen LogP contribution in [-0.4, -0.2) is 53.6 Å². The van der Waals surface area contributed by atoms with E-state index in [9.17, 15) is 0 Å². The molecule has 0 fully saturated rings. The smallest absolute Gasteiger partial charge is 0.235 e. The number of aromatic nitrogens is 11. The Labute approximate surface area is 716 Å². The normalized spacial score (nSPS) is 12.2. The van der Waals surface area contributed by atoms with Crippen molar-refractivity contribution in [2.45, 2.75) is 0 Å². The van der Waals surface area contributed by atoms with Gasteiger partial charge in [-0.3, -0.25) is 28.7 Å². The SMILES string of the molecule is c1ccc(-c2nc(-n3c4ccccc4c4c5cccnc5c5sc6ccccc6c5c43)nc3ccc4ccccc4c23)cc1.c1ccc2c(c1)ccc1cnc(-n3c4ccccc4c4c5cccnc5c5sc6ccccc6c5c43)nc12.c1ccc2c(c1)sc1c3ncccc3c3c4ccccc4n(-c4cc5c6ccccc6c6ccccc6c5cn4)c3c21. The lowest BCUT2D eigenvalue weighted by atomic mass is 9.95. The highest BCUT2D eigenvalue weighted by atomic mass is 32.1. The Morgan fingerprint density at radius 2 is 0.605 bits per heavy atom. The second-order valence-corrected chi connectivity index (χ2v) is 35.0. The van der Waals surface area contributed by atoms with Gasteiger partial charge in [0.25, 0.3) is 0 Å². The Morgan fingerprint density at radius 1 is 0.218 bits per heavy atom. The van der Waals surface area contributed by atoms with Crippen LogP contribution in [0.4, 0.5) is 0 Å². The highest BCUT2D eigenvalue weighted by Crippen LogP contribution is 2.52. The maximum absolute atomic E-state index is 5.45. The minimum absolute atomic E-state index is 0.664. The highest BCUT2D eigenvalue weighted by Gasteiger charge is 2.29. The van der Waals surface area contributed by atoms with Crippen molar-refractivity contribution in [2.75, 3.05) is 0 Å². The second-order valence-electron chi connectivity index (χ2n) is 31.8. The third kappa shape index (κ3) is 9.97. The molecular formula is C110H61N11S3. The van der Waals surface area contributed by atoms with Crippen LogP contribution in [0.15, 0.2) is 371 Å². The van der Waals surface area contributed by atoms with Crippen molar-refractivity contribution in [3.05, 3.63) is 371 Å². The molecule has 29 aromatic rings. The van der Waals surface area contributed by atoms with Crippen molar-refractivity contribution in [3.8, 4) is 29.0 Å². The molecule has 0 saturated carbocycles. The molecule has 124 heavy (non-hydrogen) atoms. The van der Waals surface area contributed by atoms with Crippen molar-refractivity contribution in [1.29, 1.82) is 0 Å². The Morgan fingerprint density at radius 3 is 1.13 bits per heavy atom. The molecule has 17 aromatic carbocycles. The summed E-state index contributed by atoms with van der Waals surface area (Å²) in [6.07, 6.45) is 9.74. The molecule has 0 aliphatic rings. The Kier molecular flexibility index (Phi) is 14.9. The largest absolute Gasteiger partial charge is 0.293 e. The molecule has 0 amide bonds. The van der Waals surface area contributed by atoms with Gasteiger partial charge in [-0.1, -0.05) is 273 Å². The summed E-state index contributed by atoms with van der Waals surface area (Å²) in [6.45, 7) is 0. The van der Waals surface area contributed by atoms with E-state index >= 15 is 0 Å². The van der Waals surface area contributed by atoms with Gasteiger partial charge in [-0.05, 0) is 110 Å². The molecule has 14 heteroatoms. The van der Waals surface area contributed by atoms with Gasteiger partial charge in [0, 0.05) is 153 Å². The molecule has 0 bridgehead atoms. The van der Waals surface area contributed by atoms with Crippen LogP contribution in [0.1, 0.15) is 0 Å². The average molecular weight is 1630 g/mol. The Hall–Kier alpha value is -15.8. The number of thiophene rings is 3. The summed E-state index contributed by atoms with van der Waals surface area (Å²) in [5.41, 5.74) is 13.8. The summed E-state index contributed by atoms with van der Waals surface area (Å²) in [5, 5.41) is 32.2. The van der Waals surface area contributed by atoms with Gasteiger partial charge in [-0.2, -0.15) is 0 Å². The summed E-state index contributed by atoms with van der Waals surface area (Å²) in [5.74, 6) is 2.27. The predicted molar refractivity (Wildman–Crippen MR) is 524 cm³/mol. The second kappa shape index (κ2) is 26.8. The van der Waals surface area contributed by atoms with E-state index in [-0.39, 0.29) is 0 Å². The molecule has 0 saturated heterocycles. The zero-order valence-electron chi connectivity index (χ0n) is 65.9. The van der Waals surface area contributed by atoms with Crippen LogP contribution in [-0.2, 0) is 0 Å². The maximum Gasteiger partial charge on any atom is 0.235 e. The van der Waals surface area contributed by atoms with Gasteiger partial charge in [0.05, 0.1) is 80.5 Å². The summed E-state index contributed by atoms with van der Waals surface area (Å²) >= 11 is 5.44. The number of benzene rings is 17. The van der Waals surface area contributed by atoms with Crippen LogP contribution in [0, 0.1) is 0 Å². The minimum atomic E-state index is 0.664. The van der Waals surface area contributed by atoms with Crippen molar-refractivity contribution in [2.24, 2.45) is 0 Å². The fourth-order valence-corrected chi connectivity index (χ4v) is 23.8. The molecule has 0 atom stereocenters. The molecule has 0 N–H and O–H groups in total. The molecule has 0 aliphatic carbocycles. The van der Waals surface area contributed by atoms with Crippen molar-refractivity contribution >= 4 is 268 Å². The lowest BCUT2D eigenvalue weighted by Crippen LogP contribution is -2.04. The highest BCUT2D eigenvalue weighted by molar-refractivity contribution is 7.28. The van der Waals surface area contributed by atoms with Gasteiger partial charge in [0.15, 0.2) is 0 Å². The monoisotopic (exact) mass is 1630 g/mol. The summed E-state index contributed by atoms with van der Waals surface area (Å²) in [7, 11) is 0. The van der Waals surface area contributed by atoms with E-state index in [0.717, 1.165) is 105 Å². The van der Waals surface area contributed by atoms with Crippen LogP contribution >= 0.6 is 34.0 Å². The molecule has 574 valence electrons. The first-order valence-electron chi connectivity index (χ1n) is 41.5. The van der Waals surface area contributed by atoms with E-state index in [0.29, 0.717) is 11.9 Å². The van der Waals surface area contributed by atoms with E-state index in [4.69, 9.17) is 39.9 Å². The summed E-state index contributed by atoms with van der Waals surface area (Å²) in [4.78, 5) is 41.0. The zero-order valence-corrected chi connectivity index (χ0v) is 68.3.